The van der Waals surface area contributed by atoms with Crippen LogP contribution in [0.15, 0.2) is 24.3 Å². The molecule has 1 aliphatic heterocycles. The molecule has 0 spiro atoms. The van der Waals surface area contributed by atoms with Crippen LogP contribution in [-0.4, -0.2) is 43.5 Å². The molecule has 1 aromatic rings. The number of ketones is 1. The average molecular weight is 279 g/mol. The first-order valence-electron chi connectivity index (χ1n) is 7.15. The zero-order valence-corrected chi connectivity index (χ0v) is 12.1. The first-order chi connectivity index (χ1) is 9.61. The van der Waals surface area contributed by atoms with Gasteiger partial charge in [0.2, 0.25) is 0 Å². The summed E-state index contributed by atoms with van der Waals surface area (Å²) < 4.78 is 19.0. The summed E-state index contributed by atoms with van der Waals surface area (Å²) in [5.74, 6) is -0.731. The molecular formula is C16H22FNO2. The molecule has 110 valence electrons. The average Bonchev–Trinajstić information content (AvgIpc) is 2.48. The van der Waals surface area contributed by atoms with Crippen LogP contribution in [-0.2, 0) is 4.74 Å². The molecule has 2 rings (SSSR count). The lowest BCUT2D eigenvalue weighted by Gasteiger charge is -2.32. The van der Waals surface area contributed by atoms with Gasteiger partial charge in [0, 0.05) is 32.7 Å². The molecule has 0 amide bonds. The number of halogens is 1. The summed E-state index contributed by atoms with van der Waals surface area (Å²) in [5.41, 5.74) is 0.201. The molecule has 0 aliphatic carbocycles. The second kappa shape index (κ2) is 6.95. The zero-order chi connectivity index (χ0) is 14.5. The van der Waals surface area contributed by atoms with E-state index in [1.165, 1.54) is 6.07 Å². The number of methoxy groups -OCH3 is 1. The van der Waals surface area contributed by atoms with Gasteiger partial charge in [-0.25, -0.2) is 4.39 Å². The van der Waals surface area contributed by atoms with Crippen molar-refractivity contribution in [2.24, 2.45) is 5.92 Å². The van der Waals surface area contributed by atoms with E-state index in [-0.39, 0.29) is 17.3 Å². The fraction of sp³-hybridized carbons (Fsp3) is 0.562. The number of ether oxygens (including phenoxy) is 1. The molecule has 3 nitrogen and oxygen atoms in total. The molecule has 0 aromatic heterocycles. The third-order valence-electron chi connectivity index (χ3n) is 3.99. The Bertz CT molecular complexity index is 456. The number of hydrogen-bond donors (Lipinski definition) is 0. The summed E-state index contributed by atoms with van der Waals surface area (Å²) in [4.78, 5) is 14.5. The fourth-order valence-electron chi connectivity index (χ4n) is 2.72. The summed E-state index contributed by atoms with van der Waals surface area (Å²) in [6.07, 6.45) is 2.33. The summed E-state index contributed by atoms with van der Waals surface area (Å²) in [6.45, 7) is 4.43. The lowest BCUT2D eigenvalue weighted by molar-refractivity contribution is 0.0368. The van der Waals surface area contributed by atoms with Crippen LogP contribution in [0.5, 0.6) is 0 Å². The van der Waals surface area contributed by atoms with Crippen molar-refractivity contribution in [2.75, 3.05) is 26.7 Å². The van der Waals surface area contributed by atoms with E-state index in [0.717, 1.165) is 25.9 Å². The standard InChI is InChI=1S/C16H22FNO2/c1-12(11-18-9-7-13(20-2)8-10-18)16(19)14-5-3-4-6-15(14)17/h3-6,12-13H,7-11H2,1-2H3. The lowest BCUT2D eigenvalue weighted by Crippen LogP contribution is -2.40. The monoisotopic (exact) mass is 279 g/mol. The molecule has 0 bridgehead atoms. The predicted octanol–water partition coefficient (Wildman–Crippen LogP) is 2.76. The highest BCUT2D eigenvalue weighted by atomic mass is 19.1. The van der Waals surface area contributed by atoms with Gasteiger partial charge in [0.1, 0.15) is 5.82 Å². The third-order valence-corrected chi connectivity index (χ3v) is 3.99. The molecule has 0 saturated carbocycles. The Morgan fingerprint density at radius 3 is 2.65 bits per heavy atom. The Kier molecular flexibility index (Phi) is 5.26. The Morgan fingerprint density at radius 2 is 2.05 bits per heavy atom. The van der Waals surface area contributed by atoms with Gasteiger partial charge in [0.25, 0.3) is 0 Å². The van der Waals surface area contributed by atoms with Crippen LogP contribution < -0.4 is 0 Å². The Morgan fingerprint density at radius 1 is 1.40 bits per heavy atom. The van der Waals surface area contributed by atoms with Crippen molar-refractivity contribution in [1.82, 2.24) is 4.90 Å². The number of benzene rings is 1. The third kappa shape index (κ3) is 3.64. The molecule has 1 unspecified atom stereocenters. The molecule has 1 heterocycles. The SMILES string of the molecule is COC1CCN(CC(C)C(=O)c2ccccc2F)CC1. The number of carbonyl (C=O) groups excluding carboxylic acids is 1. The number of rotatable bonds is 5. The Labute approximate surface area is 119 Å². The van der Waals surface area contributed by atoms with Gasteiger partial charge in [0.05, 0.1) is 11.7 Å². The minimum atomic E-state index is -0.428. The Hall–Kier alpha value is -1.26. The second-order valence-electron chi connectivity index (χ2n) is 5.48. The summed E-state index contributed by atoms with van der Waals surface area (Å²) in [7, 11) is 1.74. The van der Waals surface area contributed by atoms with Crippen LogP contribution in [0.3, 0.4) is 0 Å². The van der Waals surface area contributed by atoms with Gasteiger partial charge >= 0.3 is 0 Å². The maximum atomic E-state index is 13.6. The van der Waals surface area contributed by atoms with Crippen LogP contribution in [0, 0.1) is 11.7 Å². The molecule has 20 heavy (non-hydrogen) atoms. The smallest absolute Gasteiger partial charge is 0.169 e. The predicted molar refractivity (Wildman–Crippen MR) is 76.4 cm³/mol. The van der Waals surface area contributed by atoms with Gasteiger partial charge in [-0.15, -0.1) is 0 Å². The van der Waals surface area contributed by atoms with E-state index in [2.05, 4.69) is 4.90 Å². The maximum absolute atomic E-state index is 13.6. The molecule has 1 fully saturated rings. The van der Waals surface area contributed by atoms with Gasteiger partial charge in [-0.2, -0.15) is 0 Å². The second-order valence-corrected chi connectivity index (χ2v) is 5.48. The fourth-order valence-corrected chi connectivity index (χ4v) is 2.72. The quantitative estimate of drug-likeness (QED) is 0.776. The van der Waals surface area contributed by atoms with E-state index < -0.39 is 5.82 Å². The molecule has 0 N–H and O–H groups in total. The van der Waals surface area contributed by atoms with Crippen molar-refractivity contribution in [3.05, 3.63) is 35.6 Å². The van der Waals surface area contributed by atoms with Crippen LogP contribution in [0.25, 0.3) is 0 Å². The zero-order valence-electron chi connectivity index (χ0n) is 12.1. The van der Waals surface area contributed by atoms with E-state index in [1.54, 1.807) is 25.3 Å². The molecule has 4 heteroatoms. The van der Waals surface area contributed by atoms with Gasteiger partial charge in [0.15, 0.2) is 5.78 Å². The van der Waals surface area contributed by atoms with Gasteiger partial charge in [-0.3, -0.25) is 4.79 Å². The first kappa shape index (κ1) is 15.1. The molecule has 1 atom stereocenters. The molecule has 0 radical (unpaired) electrons. The number of likely N-dealkylation sites (tertiary alicyclic amines) is 1. The van der Waals surface area contributed by atoms with Crippen molar-refractivity contribution in [2.45, 2.75) is 25.9 Å². The Balaban J connectivity index is 1.91. The van der Waals surface area contributed by atoms with Gasteiger partial charge in [-0.1, -0.05) is 19.1 Å². The van der Waals surface area contributed by atoms with Crippen molar-refractivity contribution >= 4 is 5.78 Å². The van der Waals surface area contributed by atoms with Crippen molar-refractivity contribution in [1.29, 1.82) is 0 Å². The maximum Gasteiger partial charge on any atom is 0.169 e. The largest absolute Gasteiger partial charge is 0.381 e. The molecule has 1 saturated heterocycles. The van der Waals surface area contributed by atoms with Crippen LogP contribution in [0.2, 0.25) is 0 Å². The number of Topliss-reactive ketones (excluding diaryl/α,β-unsaturated/α-hetero) is 1. The number of piperidine rings is 1. The summed E-state index contributed by atoms with van der Waals surface area (Å²) in [6, 6.07) is 6.20. The molecule has 1 aliphatic rings. The van der Waals surface area contributed by atoms with E-state index >= 15 is 0 Å². The van der Waals surface area contributed by atoms with Crippen molar-refractivity contribution < 1.29 is 13.9 Å². The lowest BCUT2D eigenvalue weighted by atomic mass is 9.97. The molecule has 1 aromatic carbocycles. The van der Waals surface area contributed by atoms with E-state index in [0.29, 0.717) is 12.6 Å². The van der Waals surface area contributed by atoms with Crippen LogP contribution >= 0.6 is 0 Å². The highest BCUT2D eigenvalue weighted by molar-refractivity contribution is 5.98. The van der Waals surface area contributed by atoms with Crippen molar-refractivity contribution in [3.63, 3.8) is 0 Å². The van der Waals surface area contributed by atoms with Crippen LogP contribution in [0.4, 0.5) is 4.39 Å². The number of hydrogen-bond acceptors (Lipinski definition) is 3. The van der Waals surface area contributed by atoms with Crippen molar-refractivity contribution in [3.8, 4) is 0 Å². The number of carbonyl (C=O) groups is 1. The minimum Gasteiger partial charge on any atom is -0.381 e. The van der Waals surface area contributed by atoms with E-state index in [4.69, 9.17) is 4.74 Å². The molecular weight excluding hydrogens is 257 g/mol. The summed E-state index contributed by atoms with van der Waals surface area (Å²) in [5, 5.41) is 0. The van der Waals surface area contributed by atoms with Crippen LogP contribution in [0.1, 0.15) is 30.1 Å². The minimum absolute atomic E-state index is 0.114. The highest BCUT2D eigenvalue weighted by Crippen LogP contribution is 2.17. The summed E-state index contributed by atoms with van der Waals surface area (Å²) >= 11 is 0. The van der Waals surface area contributed by atoms with Gasteiger partial charge < -0.3 is 9.64 Å². The van der Waals surface area contributed by atoms with Gasteiger partial charge in [-0.05, 0) is 25.0 Å². The van der Waals surface area contributed by atoms with E-state index in [9.17, 15) is 9.18 Å². The first-order valence-corrected chi connectivity index (χ1v) is 7.15. The number of nitrogens with zero attached hydrogens (tertiary/aromatic N) is 1. The topological polar surface area (TPSA) is 29.5 Å². The normalized spacial score (nSPS) is 18.9. The van der Waals surface area contributed by atoms with E-state index in [1.807, 2.05) is 6.92 Å². The highest BCUT2D eigenvalue weighted by Gasteiger charge is 2.24.